The highest BCUT2D eigenvalue weighted by Gasteiger charge is 2.29. The van der Waals surface area contributed by atoms with Crippen molar-refractivity contribution < 1.29 is 9.59 Å². The predicted octanol–water partition coefficient (Wildman–Crippen LogP) is 3.20. The molecule has 2 amide bonds. The number of fused-ring (bicyclic) bond motifs is 1. The van der Waals surface area contributed by atoms with Crippen molar-refractivity contribution in [1.82, 2.24) is 20.0 Å². The number of carbonyl (C=O) groups is 2. The molecule has 1 N–H and O–H groups in total. The molecule has 2 heterocycles. The second-order valence-electron chi connectivity index (χ2n) is 7.05. The summed E-state index contributed by atoms with van der Waals surface area (Å²) in [6, 6.07) is 16.6. The molecule has 29 heavy (non-hydrogen) atoms. The van der Waals surface area contributed by atoms with E-state index in [1.165, 1.54) is 0 Å². The number of hydrogen-bond acceptors (Lipinski definition) is 3. The molecule has 0 atom stereocenters. The fourth-order valence-corrected chi connectivity index (χ4v) is 3.71. The van der Waals surface area contributed by atoms with E-state index < -0.39 is 0 Å². The first-order valence-electron chi connectivity index (χ1n) is 9.44. The number of rotatable bonds is 4. The van der Waals surface area contributed by atoms with E-state index >= 15 is 0 Å². The summed E-state index contributed by atoms with van der Waals surface area (Å²) in [6.45, 7) is 1.37. The number of nitrogens with one attached hydrogen (secondary N) is 1. The van der Waals surface area contributed by atoms with E-state index in [1.807, 2.05) is 37.4 Å². The first kappa shape index (κ1) is 19.2. The molecule has 0 aliphatic carbocycles. The maximum Gasteiger partial charge on any atom is 0.272 e. The number of hydrogen-bond donors (Lipinski definition) is 1. The molecular formula is C22H21ClN4O2. The van der Waals surface area contributed by atoms with Crippen LogP contribution < -0.4 is 5.32 Å². The molecule has 3 aromatic rings. The van der Waals surface area contributed by atoms with Crippen LogP contribution in [-0.4, -0.2) is 33.0 Å². The van der Waals surface area contributed by atoms with Crippen molar-refractivity contribution in [2.45, 2.75) is 19.5 Å². The largest absolute Gasteiger partial charge is 0.347 e. The molecule has 0 bridgehead atoms. The third-order valence-electron chi connectivity index (χ3n) is 5.13. The van der Waals surface area contributed by atoms with Gasteiger partial charge in [0.25, 0.3) is 11.8 Å². The molecule has 0 spiro atoms. The lowest BCUT2D eigenvalue weighted by Crippen LogP contribution is -2.37. The molecule has 4 rings (SSSR count). The Morgan fingerprint density at radius 3 is 2.55 bits per heavy atom. The third-order valence-corrected chi connectivity index (χ3v) is 5.38. The highest BCUT2D eigenvalue weighted by atomic mass is 35.5. The lowest BCUT2D eigenvalue weighted by molar-refractivity contribution is 0.0730. The Balaban J connectivity index is 1.52. The zero-order valence-electron chi connectivity index (χ0n) is 16.1. The molecule has 0 radical (unpaired) electrons. The van der Waals surface area contributed by atoms with Gasteiger partial charge in [0.05, 0.1) is 6.54 Å². The Kier molecular flexibility index (Phi) is 5.36. The lowest BCUT2D eigenvalue weighted by Gasteiger charge is -2.27. The van der Waals surface area contributed by atoms with Crippen LogP contribution in [0, 0.1) is 0 Å². The minimum absolute atomic E-state index is 0.0770. The summed E-state index contributed by atoms with van der Waals surface area (Å²) in [5.41, 5.74) is 3.79. The summed E-state index contributed by atoms with van der Waals surface area (Å²) in [7, 11) is 1.84. The van der Waals surface area contributed by atoms with Crippen LogP contribution in [0.25, 0.3) is 0 Å². The van der Waals surface area contributed by atoms with Crippen molar-refractivity contribution in [2.24, 2.45) is 7.05 Å². The van der Waals surface area contributed by atoms with Crippen LogP contribution in [-0.2, 0) is 26.6 Å². The van der Waals surface area contributed by atoms with Crippen LogP contribution in [0.1, 0.15) is 37.7 Å². The summed E-state index contributed by atoms with van der Waals surface area (Å²) in [6.07, 6.45) is 0.657. The van der Waals surface area contributed by atoms with E-state index in [9.17, 15) is 9.59 Å². The van der Waals surface area contributed by atoms with Gasteiger partial charge in [0, 0.05) is 48.4 Å². The molecular weight excluding hydrogens is 388 g/mol. The van der Waals surface area contributed by atoms with Crippen molar-refractivity contribution in [1.29, 1.82) is 0 Å². The highest BCUT2D eigenvalue weighted by Crippen LogP contribution is 2.24. The van der Waals surface area contributed by atoms with Crippen molar-refractivity contribution in [3.8, 4) is 0 Å². The van der Waals surface area contributed by atoms with E-state index in [0.29, 0.717) is 42.3 Å². The Bertz CT molecular complexity index is 1040. The normalized spacial score (nSPS) is 13.1. The van der Waals surface area contributed by atoms with Crippen molar-refractivity contribution in [2.75, 3.05) is 6.54 Å². The number of aryl methyl sites for hydroxylation is 1. The number of aromatic nitrogens is 2. The van der Waals surface area contributed by atoms with E-state index in [2.05, 4.69) is 10.4 Å². The fourth-order valence-electron chi connectivity index (χ4n) is 3.59. The maximum atomic E-state index is 12.9. The van der Waals surface area contributed by atoms with E-state index in [1.54, 1.807) is 33.8 Å². The molecule has 0 saturated carbocycles. The second-order valence-corrected chi connectivity index (χ2v) is 7.49. The molecule has 6 nitrogen and oxygen atoms in total. The molecule has 2 aromatic carbocycles. The minimum Gasteiger partial charge on any atom is -0.347 e. The fraction of sp³-hybridized carbons (Fsp3) is 0.227. The average molecular weight is 409 g/mol. The van der Waals surface area contributed by atoms with Gasteiger partial charge in [-0.15, -0.1) is 0 Å². The highest BCUT2D eigenvalue weighted by molar-refractivity contribution is 6.30. The van der Waals surface area contributed by atoms with E-state index in [-0.39, 0.29) is 11.8 Å². The summed E-state index contributed by atoms with van der Waals surface area (Å²) >= 11 is 5.92. The summed E-state index contributed by atoms with van der Waals surface area (Å²) in [5, 5.41) is 7.95. The standard InChI is InChI=1S/C22H21ClN4O2/c1-26-19-11-12-27(22(29)16-7-9-17(23)10-8-16)14-18(19)20(25-26)21(28)24-13-15-5-3-2-4-6-15/h2-10H,11-14H2,1H3,(H,24,28). The maximum absolute atomic E-state index is 12.9. The van der Waals surface area contributed by atoms with Gasteiger partial charge in [0.1, 0.15) is 0 Å². The quantitative estimate of drug-likeness (QED) is 0.720. The molecule has 1 aromatic heterocycles. The minimum atomic E-state index is -0.230. The molecule has 0 unspecified atom stereocenters. The van der Waals surface area contributed by atoms with Gasteiger partial charge >= 0.3 is 0 Å². The molecule has 1 aliphatic rings. The molecule has 1 aliphatic heterocycles. The van der Waals surface area contributed by atoms with E-state index in [0.717, 1.165) is 16.8 Å². The lowest BCUT2D eigenvalue weighted by atomic mass is 10.0. The smallest absolute Gasteiger partial charge is 0.272 e. The SMILES string of the molecule is Cn1nc(C(=O)NCc2ccccc2)c2c1CCN(C(=O)c1ccc(Cl)cc1)C2. The summed E-state index contributed by atoms with van der Waals surface area (Å²) in [4.78, 5) is 27.4. The van der Waals surface area contributed by atoms with Crippen LogP contribution in [0.2, 0.25) is 5.02 Å². The van der Waals surface area contributed by atoms with Gasteiger partial charge in [0.15, 0.2) is 5.69 Å². The number of carbonyl (C=O) groups excluding carboxylic acids is 2. The van der Waals surface area contributed by atoms with Crippen molar-refractivity contribution in [3.05, 3.63) is 87.7 Å². The first-order chi connectivity index (χ1) is 14.0. The summed E-state index contributed by atoms with van der Waals surface area (Å²) < 4.78 is 1.75. The van der Waals surface area contributed by atoms with Crippen LogP contribution >= 0.6 is 11.6 Å². The molecule has 0 saturated heterocycles. The van der Waals surface area contributed by atoms with Gasteiger partial charge in [-0.25, -0.2) is 0 Å². The number of benzene rings is 2. The van der Waals surface area contributed by atoms with Gasteiger partial charge in [0.2, 0.25) is 0 Å². The van der Waals surface area contributed by atoms with Crippen molar-refractivity contribution in [3.63, 3.8) is 0 Å². The Morgan fingerprint density at radius 1 is 1.10 bits per heavy atom. The zero-order chi connectivity index (χ0) is 20.4. The van der Waals surface area contributed by atoms with Crippen LogP contribution in [0.4, 0.5) is 0 Å². The van der Waals surface area contributed by atoms with E-state index in [4.69, 9.17) is 11.6 Å². The predicted molar refractivity (Wildman–Crippen MR) is 111 cm³/mol. The topological polar surface area (TPSA) is 67.2 Å². The van der Waals surface area contributed by atoms with Gasteiger partial charge < -0.3 is 10.2 Å². The monoisotopic (exact) mass is 408 g/mol. The Morgan fingerprint density at radius 2 is 1.83 bits per heavy atom. The average Bonchev–Trinajstić information content (AvgIpc) is 3.09. The number of halogens is 1. The molecule has 7 heteroatoms. The Labute approximate surface area is 174 Å². The van der Waals surface area contributed by atoms with Gasteiger partial charge in [-0.05, 0) is 29.8 Å². The van der Waals surface area contributed by atoms with Gasteiger partial charge in [-0.1, -0.05) is 41.9 Å². The van der Waals surface area contributed by atoms with Gasteiger partial charge in [-0.3, -0.25) is 14.3 Å². The number of amides is 2. The molecule has 0 fully saturated rings. The van der Waals surface area contributed by atoms with Crippen molar-refractivity contribution >= 4 is 23.4 Å². The zero-order valence-corrected chi connectivity index (χ0v) is 16.8. The van der Waals surface area contributed by atoms with Crippen LogP contribution in [0.3, 0.4) is 0 Å². The summed E-state index contributed by atoms with van der Waals surface area (Å²) in [5.74, 6) is -0.307. The Hall–Kier alpha value is -3.12. The van der Waals surface area contributed by atoms with Crippen LogP contribution in [0.5, 0.6) is 0 Å². The van der Waals surface area contributed by atoms with Gasteiger partial charge in [-0.2, -0.15) is 5.10 Å². The first-order valence-corrected chi connectivity index (χ1v) is 9.82. The third kappa shape index (κ3) is 4.03. The second kappa shape index (κ2) is 8.09. The van der Waals surface area contributed by atoms with Crippen LogP contribution in [0.15, 0.2) is 54.6 Å². The molecule has 148 valence electrons. The number of nitrogens with zero attached hydrogens (tertiary/aromatic N) is 3.